The lowest BCUT2D eigenvalue weighted by Gasteiger charge is -2.42. The van der Waals surface area contributed by atoms with Gasteiger partial charge >= 0.3 is 0 Å². The van der Waals surface area contributed by atoms with Crippen LogP contribution in [-0.4, -0.2) is 41.1 Å². The topological polar surface area (TPSA) is 92.8 Å². The van der Waals surface area contributed by atoms with Crippen LogP contribution in [0.3, 0.4) is 0 Å². The van der Waals surface area contributed by atoms with E-state index >= 15 is 0 Å². The summed E-state index contributed by atoms with van der Waals surface area (Å²) in [5, 5.41) is 0. The van der Waals surface area contributed by atoms with Crippen LogP contribution in [-0.2, 0) is 11.2 Å². The molecule has 0 saturated carbocycles. The number of hydrogen-bond donors (Lipinski definition) is 2. The van der Waals surface area contributed by atoms with Gasteiger partial charge in [-0.2, -0.15) is 0 Å². The summed E-state index contributed by atoms with van der Waals surface area (Å²) >= 11 is 3.58. The SMILES string of the molecule is CCN(c1c(C)c(C(N)=O)cc2cc(Br)cn12)C1CCOCC1Cc1c(C)cc(C)[nH]c1=O. The van der Waals surface area contributed by atoms with Gasteiger partial charge < -0.3 is 24.8 Å². The summed E-state index contributed by atoms with van der Waals surface area (Å²) in [5.41, 5.74) is 10.7. The molecule has 0 spiro atoms. The molecule has 1 fully saturated rings. The molecule has 3 aromatic rings. The number of aryl methyl sites for hydroxylation is 2. The van der Waals surface area contributed by atoms with E-state index in [2.05, 4.69) is 37.1 Å². The van der Waals surface area contributed by atoms with Crippen molar-refractivity contribution >= 4 is 33.2 Å². The summed E-state index contributed by atoms with van der Waals surface area (Å²) in [6.45, 7) is 9.97. The predicted octanol–water partition coefficient (Wildman–Crippen LogP) is 3.89. The monoisotopic (exact) mass is 514 g/mol. The minimum atomic E-state index is -0.435. The Balaban J connectivity index is 1.81. The van der Waals surface area contributed by atoms with E-state index in [1.54, 1.807) is 0 Å². The van der Waals surface area contributed by atoms with Crippen LogP contribution in [0.15, 0.2) is 33.7 Å². The quantitative estimate of drug-likeness (QED) is 0.521. The van der Waals surface area contributed by atoms with Crippen molar-refractivity contribution in [1.29, 1.82) is 0 Å². The number of rotatable bonds is 6. The zero-order valence-electron chi connectivity index (χ0n) is 19.6. The molecule has 1 aliphatic rings. The number of aromatic amines is 1. The molecule has 2 atom stereocenters. The zero-order chi connectivity index (χ0) is 23.9. The summed E-state index contributed by atoms with van der Waals surface area (Å²) < 4.78 is 8.93. The van der Waals surface area contributed by atoms with E-state index in [1.165, 1.54) is 0 Å². The Kier molecular flexibility index (Phi) is 6.68. The number of carbonyl (C=O) groups excluding carboxylic acids is 1. The number of fused-ring (bicyclic) bond motifs is 1. The van der Waals surface area contributed by atoms with Gasteiger partial charge in [0.1, 0.15) is 5.82 Å². The highest BCUT2D eigenvalue weighted by atomic mass is 79.9. The number of hydrogen-bond acceptors (Lipinski definition) is 4. The van der Waals surface area contributed by atoms with Crippen molar-refractivity contribution in [3.63, 3.8) is 0 Å². The Bertz CT molecular complexity index is 1260. The van der Waals surface area contributed by atoms with Gasteiger partial charge in [0.05, 0.1) is 6.61 Å². The lowest BCUT2D eigenvalue weighted by molar-refractivity contribution is 0.0396. The molecular formula is C25H31BrN4O3. The Hall–Kier alpha value is -2.58. The molecule has 0 radical (unpaired) electrons. The van der Waals surface area contributed by atoms with E-state index in [4.69, 9.17) is 10.5 Å². The van der Waals surface area contributed by atoms with Gasteiger partial charge in [0, 0.05) is 63.7 Å². The van der Waals surface area contributed by atoms with Crippen LogP contribution in [0.2, 0.25) is 0 Å². The van der Waals surface area contributed by atoms with Crippen molar-refractivity contribution in [2.45, 2.75) is 46.6 Å². The van der Waals surface area contributed by atoms with Crippen LogP contribution in [0.5, 0.6) is 0 Å². The Labute approximate surface area is 202 Å². The third-order valence-electron chi connectivity index (χ3n) is 6.75. The van der Waals surface area contributed by atoms with E-state index in [-0.39, 0.29) is 17.5 Å². The summed E-state index contributed by atoms with van der Waals surface area (Å²) in [6, 6.07) is 6.00. The molecule has 2 unspecified atom stereocenters. The first-order chi connectivity index (χ1) is 15.7. The molecule has 1 amide bonds. The standard InChI is InChI=1S/C25H31BrN4O3/c1-5-29(25-16(4)21(23(27)31)11-19-10-18(26)12-30(19)25)22-6-7-33-13-17(22)9-20-14(2)8-15(3)28-24(20)32/h8,10-12,17,22H,5-7,9,13H2,1-4H3,(H2,27,31)(H,28,32). The number of amides is 1. The fourth-order valence-electron chi connectivity index (χ4n) is 5.24. The average molecular weight is 515 g/mol. The minimum Gasteiger partial charge on any atom is -0.381 e. The molecule has 176 valence electrons. The lowest BCUT2D eigenvalue weighted by atomic mass is 9.87. The largest absolute Gasteiger partial charge is 0.381 e. The Morgan fingerprint density at radius 3 is 2.73 bits per heavy atom. The van der Waals surface area contributed by atoms with E-state index in [0.29, 0.717) is 25.2 Å². The highest BCUT2D eigenvalue weighted by Gasteiger charge is 2.33. The highest BCUT2D eigenvalue weighted by molar-refractivity contribution is 9.10. The van der Waals surface area contributed by atoms with Crippen molar-refractivity contribution in [2.75, 3.05) is 24.7 Å². The second-order valence-electron chi connectivity index (χ2n) is 8.95. The van der Waals surface area contributed by atoms with Gasteiger partial charge in [0.25, 0.3) is 5.56 Å². The van der Waals surface area contributed by atoms with Crippen LogP contribution in [0, 0.1) is 26.7 Å². The molecule has 1 saturated heterocycles. The van der Waals surface area contributed by atoms with Crippen molar-refractivity contribution in [1.82, 2.24) is 9.38 Å². The molecule has 4 rings (SSSR count). The summed E-state index contributed by atoms with van der Waals surface area (Å²) in [7, 11) is 0. The molecule has 0 aliphatic carbocycles. The predicted molar refractivity (Wildman–Crippen MR) is 134 cm³/mol. The molecule has 3 N–H and O–H groups in total. The third-order valence-corrected chi connectivity index (χ3v) is 7.18. The Morgan fingerprint density at radius 1 is 1.30 bits per heavy atom. The third kappa shape index (κ3) is 4.46. The number of H-pyrrole nitrogens is 1. The minimum absolute atomic E-state index is 0.0245. The second kappa shape index (κ2) is 9.35. The van der Waals surface area contributed by atoms with Gasteiger partial charge in [0.2, 0.25) is 5.91 Å². The van der Waals surface area contributed by atoms with E-state index in [0.717, 1.165) is 51.2 Å². The number of carbonyl (C=O) groups is 1. The fourth-order valence-corrected chi connectivity index (χ4v) is 5.68. The van der Waals surface area contributed by atoms with Gasteiger partial charge in [-0.05, 0) is 80.2 Å². The molecule has 0 bridgehead atoms. The fraction of sp³-hybridized carbons (Fsp3) is 0.440. The van der Waals surface area contributed by atoms with Crippen LogP contribution in [0.1, 0.15) is 46.1 Å². The smallest absolute Gasteiger partial charge is 0.251 e. The lowest BCUT2D eigenvalue weighted by Crippen LogP contribution is -2.48. The molecule has 3 aromatic heterocycles. The molecule has 4 heterocycles. The molecule has 7 nitrogen and oxygen atoms in total. The van der Waals surface area contributed by atoms with Crippen molar-refractivity contribution in [3.8, 4) is 0 Å². The summed E-state index contributed by atoms with van der Waals surface area (Å²) in [5.74, 6) is 0.655. The number of pyridine rings is 2. The first kappa shape index (κ1) is 23.6. The Morgan fingerprint density at radius 2 is 2.06 bits per heavy atom. The van der Waals surface area contributed by atoms with Crippen molar-refractivity contribution in [3.05, 3.63) is 67.2 Å². The zero-order valence-corrected chi connectivity index (χ0v) is 21.2. The normalized spacial score (nSPS) is 18.6. The number of halogens is 1. The maximum atomic E-state index is 12.7. The van der Waals surface area contributed by atoms with Gasteiger partial charge in [0.15, 0.2) is 0 Å². The summed E-state index contributed by atoms with van der Waals surface area (Å²) in [6.07, 6.45) is 3.50. The number of nitrogens with zero attached hydrogens (tertiary/aromatic N) is 2. The van der Waals surface area contributed by atoms with Crippen LogP contribution in [0.4, 0.5) is 5.82 Å². The van der Waals surface area contributed by atoms with E-state index in [9.17, 15) is 9.59 Å². The molecular weight excluding hydrogens is 484 g/mol. The first-order valence-corrected chi connectivity index (χ1v) is 12.1. The molecule has 8 heteroatoms. The second-order valence-corrected chi connectivity index (χ2v) is 9.86. The van der Waals surface area contributed by atoms with E-state index in [1.807, 2.05) is 45.2 Å². The van der Waals surface area contributed by atoms with E-state index < -0.39 is 5.91 Å². The number of anilines is 1. The average Bonchev–Trinajstić information content (AvgIpc) is 3.13. The number of nitrogens with two attached hydrogens (primary N) is 1. The van der Waals surface area contributed by atoms with Gasteiger partial charge in [-0.25, -0.2) is 0 Å². The maximum absolute atomic E-state index is 12.7. The highest BCUT2D eigenvalue weighted by Crippen LogP contribution is 2.34. The molecule has 0 aromatic carbocycles. The first-order valence-electron chi connectivity index (χ1n) is 11.4. The number of aromatic nitrogens is 2. The van der Waals surface area contributed by atoms with Crippen molar-refractivity contribution < 1.29 is 9.53 Å². The van der Waals surface area contributed by atoms with Crippen LogP contribution >= 0.6 is 15.9 Å². The van der Waals surface area contributed by atoms with Crippen LogP contribution in [0.25, 0.3) is 5.52 Å². The van der Waals surface area contributed by atoms with Crippen LogP contribution < -0.4 is 16.2 Å². The van der Waals surface area contributed by atoms with Gasteiger partial charge in [-0.3, -0.25) is 9.59 Å². The molecule has 33 heavy (non-hydrogen) atoms. The number of primary amides is 1. The van der Waals surface area contributed by atoms with Gasteiger partial charge in [-0.1, -0.05) is 0 Å². The van der Waals surface area contributed by atoms with Gasteiger partial charge in [-0.15, -0.1) is 0 Å². The number of nitrogens with one attached hydrogen (secondary N) is 1. The summed E-state index contributed by atoms with van der Waals surface area (Å²) in [4.78, 5) is 30.3. The molecule has 1 aliphatic heterocycles. The van der Waals surface area contributed by atoms with Crippen molar-refractivity contribution in [2.24, 2.45) is 11.7 Å². The number of ether oxygens (including phenoxy) is 1. The maximum Gasteiger partial charge on any atom is 0.251 e.